The van der Waals surface area contributed by atoms with Crippen molar-refractivity contribution < 1.29 is 37.3 Å². The number of esters is 2. The molecule has 200 valence electrons. The molecule has 1 aliphatic carbocycles. The molecule has 0 spiro atoms. The van der Waals surface area contributed by atoms with Crippen LogP contribution in [0, 0.1) is 5.92 Å². The Labute approximate surface area is 211 Å². The fourth-order valence-electron chi connectivity index (χ4n) is 4.47. The Morgan fingerprint density at radius 2 is 1.58 bits per heavy atom. The summed E-state index contributed by atoms with van der Waals surface area (Å²) in [7, 11) is 0. The number of ether oxygens (including phenoxy) is 2. The molecule has 0 bridgehead atoms. The first kappa shape index (κ1) is 29.6. The van der Waals surface area contributed by atoms with E-state index in [1.54, 1.807) is 6.92 Å². The Balaban J connectivity index is 1.92. The first-order valence-corrected chi connectivity index (χ1v) is 12.4. The predicted octanol–water partition coefficient (Wildman–Crippen LogP) is 6.38. The van der Waals surface area contributed by atoms with Gasteiger partial charge in [0, 0.05) is 12.0 Å². The quantitative estimate of drug-likeness (QED) is 0.189. The highest BCUT2D eigenvalue weighted by atomic mass is 19.4. The molecular weight excluding hydrogens is 473 g/mol. The van der Waals surface area contributed by atoms with Crippen LogP contribution in [0.3, 0.4) is 0 Å². The average molecular weight is 511 g/mol. The second-order valence-corrected chi connectivity index (χ2v) is 9.68. The lowest BCUT2D eigenvalue weighted by Gasteiger charge is -2.29. The van der Waals surface area contributed by atoms with E-state index in [0.717, 1.165) is 37.7 Å². The molecular formula is C28H37F3O5. The largest absolute Gasteiger partial charge is 0.462 e. The van der Waals surface area contributed by atoms with Gasteiger partial charge in [0.1, 0.15) is 13.2 Å². The number of halogens is 3. The Morgan fingerprint density at radius 3 is 2.11 bits per heavy atom. The molecule has 0 heterocycles. The van der Waals surface area contributed by atoms with Crippen LogP contribution in [0.1, 0.15) is 81.3 Å². The van der Waals surface area contributed by atoms with Gasteiger partial charge in [0.15, 0.2) is 0 Å². The van der Waals surface area contributed by atoms with Gasteiger partial charge in [-0.2, -0.15) is 13.2 Å². The number of aliphatic hydroxyl groups excluding tert-OH is 1. The molecule has 8 heteroatoms. The van der Waals surface area contributed by atoms with Crippen LogP contribution < -0.4 is 0 Å². The van der Waals surface area contributed by atoms with Crippen LogP contribution >= 0.6 is 0 Å². The van der Waals surface area contributed by atoms with Crippen LogP contribution in [0.25, 0.3) is 0 Å². The zero-order valence-electron chi connectivity index (χ0n) is 20.9. The molecule has 1 aromatic carbocycles. The number of alkyl halides is 3. The predicted molar refractivity (Wildman–Crippen MR) is 131 cm³/mol. The highest BCUT2D eigenvalue weighted by Crippen LogP contribution is 2.38. The summed E-state index contributed by atoms with van der Waals surface area (Å²) in [5.41, 5.74) is 2.25. The molecule has 1 aliphatic rings. The van der Waals surface area contributed by atoms with Gasteiger partial charge in [-0.1, -0.05) is 50.3 Å². The topological polar surface area (TPSA) is 72.8 Å². The van der Waals surface area contributed by atoms with E-state index in [-0.39, 0.29) is 30.8 Å². The van der Waals surface area contributed by atoms with Gasteiger partial charge < -0.3 is 14.6 Å². The smallest absolute Gasteiger partial charge is 0.389 e. The van der Waals surface area contributed by atoms with E-state index in [0.29, 0.717) is 18.3 Å². The number of carbonyl (C=O) groups excluding carboxylic acids is 2. The number of hydrogen-bond acceptors (Lipinski definition) is 5. The number of aliphatic hydroxyl groups is 1. The molecule has 1 saturated carbocycles. The molecule has 0 radical (unpaired) electrons. The van der Waals surface area contributed by atoms with Gasteiger partial charge in [-0.15, -0.1) is 0 Å². The Kier molecular flexibility index (Phi) is 11.7. The minimum absolute atomic E-state index is 0.00334. The molecule has 36 heavy (non-hydrogen) atoms. The van der Waals surface area contributed by atoms with Crippen molar-refractivity contribution in [3.8, 4) is 0 Å². The lowest BCUT2D eigenvalue weighted by atomic mass is 9.77. The van der Waals surface area contributed by atoms with E-state index >= 15 is 0 Å². The zero-order chi connectivity index (χ0) is 26.7. The van der Waals surface area contributed by atoms with Gasteiger partial charge in [-0.3, -0.25) is 0 Å². The summed E-state index contributed by atoms with van der Waals surface area (Å²) in [6.45, 7) is 8.03. The van der Waals surface area contributed by atoms with Crippen LogP contribution in [0.4, 0.5) is 13.2 Å². The van der Waals surface area contributed by atoms with Crippen LogP contribution in [0.2, 0.25) is 0 Å². The summed E-state index contributed by atoms with van der Waals surface area (Å²) in [5.74, 6) is -0.746. The van der Waals surface area contributed by atoms with Gasteiger partial charge in [0.05, 0.1) is 18.1 Å². The molecule has 1 fully saturated rings. The Hall–Kier alpha value is -2.61. The fourth-order valence-corrected chi connectivity index (χ4v) is 4.47. The number of unbranched alkanes of at least 4 members (excludes halogenated alkanes) is 1. The van der Waals surface area contributed by atoms with Crippen LogP contribution in [0.15, 0.2) is 48.6 Å². The third kappa shape index (κ3) is 10.2. The van der Waals surface area contributed by atoms with Crippen molar-refractivity contribution in [3.63, 3.8) is 0 Å². The second-order valence-electron chi connectivity index (χ2n) is 9.68. The van der Waals surface area contributed by atoms with Crippen molar-refractivity contribution in [2.24, 2.45) is 5.92 Å². The van der Waals surface area contributed by atoms with Gasteiger partial charge in [-0.25, -0.2) is 9.59 Å². The maximum atomic E-state index is 12.3. The van der Waals surface area contributed by atoms with Gasteiger partial charge in [-0.05, 0) is 62.0 Å². The van der Waals surface area contributed by atoms with Gasteiger partial charge in [0.25, 0.3) is 0 Å². The molecule has 1 N–H and O–H groups in total. The van der Waals surface area contributed by atoms with Crippen molar-refractivity contribution in [2.75, 3.05) is 19.8 Å². The third-order valence-electron chi connectivity index (χ3n) is 6.71. The summed E-state index contributed by atoms with van der Waals surface area (Å²) in [6.07, 6.45) is 0.961. The summed E-state index contributed by atoms with van der Waals surface area (Å²) in [5, 5.41) is 9.06. The summed E-state index contributed by atoms with van der Waals surface area (Å²) < 4.78 is 47.5. The van der Waals surface area contributed by atoms with Crippen molar-refractivity contribution in [1.29, 1.82) is 0 Å². The molecule has 0 aromatic heterocycles. The molecule has 2 rings (SSSR count). The van der Waals surface area contributed by atoms with Crippen molar-refractivity contribution in [1.82, 2.24) is 0 Å². The lowest BCUT2D eigenvalue weighted by molar-refractivity contribution is -0.142. The fraction of sp³-hybridized carbons (Fsp3) is 0.571. The maximum absolute atomic E-state index is 12.3. The van der Waals surface area contributed by atoms with E-state index < -0.39 is 37.1 Å². The first-order chi connectivity index (χ1) is 17.0. The second kappa shape index (κ2) is 14.2. The van der Waals surface area contributed by atoms with Gasteiger partial charge in [0.2, 0.25) is 0 Å². The number of hydrogen-bond donors (Lipinski definition) is 1. The van der Waals surface area contributed by atoms with E-state index in [1.165, 1.54) is 5.56 Å². The van der Waals surface area contributed by atoms with Crippen LogP contribution in [-0.4, -0.2) is 43.0 Å². The molecule has 5 nitrogen and oxygen atoms in total. The van der Waals surface area contributed by atoms with E-state index in [1.807, 2.05) is 24.3 Å². The molecule has 0 saturated heterocycles. The van der Waals surface area contributed by atoms with Crippen molar-refractivity contribution in [3.05, 3.63) is 59.7 Å². The maximum Gasteiger partial charge on any atom is 0.389 e. The van der Waals surface area contributed by atoms with E-state index in [4.69, 9.17) is 14.6 Å². The van der Waals surface area contributed by atoms with Crippen LogP contribution in [-0.2, 0) is 19.1 Å². The number of benzene rings is 1. The van der Waals surface area contributed by atoms with E-state index in [9.17, 15) is 22.8 Å². The third-order valence-corrected chi connectivity index (χ3v) is 6.71. The first-order valence-electron chi connectivity index (χ1n) is 12.4. The Bertz CT molecular complexity index is 883. The summed E-state index contributed by atoms with van der Waals surface area (Å²) in [6, 6.07) is 7.94. The average Bonchev–Trinajstić information content (AvgIpc) is 2.85. The Morgan fingerprint density at radius 1 is 1.00 bits per heavy atom. The molecule has 0 aliphatic heterocycles. The monoisotopic (exact) mass is 510 g/mol. The lowest BCUT2D eigenvalue weighted by Crippen LogP contribution is -2.21. The minimum Gasteiger partial charge on any atom is -0.462 e. The normalized spacial score (nSPS) is 18.8. The molecule has 0 amide bonds. The van der Waals surface area contributed by atoms with Gasteiger partial charge >= 0.3 is 18.1 Å². The molecule has 1 atom stereocenters. The van der Waals surface area contributed by atoms with Crippen molar-refractivity contribution in [2.45, 2.75) is 76.3 Å². The number of rotatable bonds is 13. The number of carbonyl (C=O) groups is 2. The SMILES string of the molecule is C=C(C)C(=O)OCC(COC(=O)C(=C)CO)c1ccc(C2CCC(CCCCC(F)(F)F)CC2)cc1. The van der Waals surface area contributed by atoms with Crippen molar-refractivity contribution >= 4 is 11.9 Å². The summed E-state index contributed by atoms with van der Waals surface area (Å²) >= 11 is 0. The van der Waals surface area contributed by atoms with Crippen LogP contribution in [0.5, 0.6) is 0 Å². The minimum atomic E-state index is -4.06. The standard InChI is InChI=1S/C28H37F3O5/c1-19(2)26(33)35-17-25(18-36-27(34)20(3)16-32)24-13-11-23(12-14-24)22-9-7-21(8-10-22)6-4-5-15-28(29,30)31/h11-14,21-22,25,32H,1,3-10,15-18H2,2H3. The highest BCUT2D eigenvalue weighted by Gasteiger charge is 2.27. The zero-order valence-corrected chi connectivity index (χ0v) is 20.9. The molecule has 1 unspecified atom stereocenters. The highest BCUT2D eigenvalue weighted by molar-refractivity contribution is 5.88. The molecule has 1 aromatic rings. The summed E-state index contributed by atoms with van der Waals surface area (Å²) in [4.78, 5) is 23.8. The van der Waals surface area contributed by atoms with E-state index in [2.05, 4.69) is 13.2 Å².